The van der Waals surface area contributed by atoms with Gasteiger partial charge in [-0.25, -0.2) is 13.8 Å². The first-order valence-corrected chi connectivity index (χ1v) is 8.74. The Labute approximate surface area is 165 Å². The van der Waals surface area contributed by atoms with Crippen molar-refractivity contribution in [1.82, 2.24) is 20.3 Å². The van der Waals surface area contributed by atoms with Gasteiger partial charge in [0.05, 0.1) is 24.0 Å². The van der Waals surface area contributed by atoms with Crippen LogP contribution in [0.15, 0.2) is 60.3 Å². The van der Waals surface area contributed by atoms with Crippen LogP contribution in [-0.2, 0) is 13.0 Å². The highest BCUT2D eigenvalue weighted by Gasteiger charge is 2.07. The van der Waals surface area contributed by atoms with E-state index in [4.69, 9.17) is 4.84 Å². The van der Waals surface area contributed by atoms with E-state index in [0.29, 0.717) is 18.5 Å². The van der Waals surface area contributed by atoms with Crippen LogP contribution in [0.2, 0.25) is 0 Å². The average molecular weight is 397 g/mol. The molecule has 0 radical (unpaired) electrons. The normalized spacial score (nSPS) is 10.8. The van der Waals surface area contributed by atoms with Crippen LogP contribution in [-0.4, -0.2) is 27.1 Å². The Kier molecular flexibility index (Phi) is 6.88. The topological polar surface area (TPSA) is 89.4 Å². The number of aromatic nitrogens is 3. The van der Waals surface area contributed by atoms with E-state index < -0.39 is 17.5 Å². The minimum atomic E-state index is -0.579. The number of hydrogen-bond donors (Lipinski definition) is 1. The lowest BCUT2D eigenvalue weighted by atomic mass is 10.1. The lowest BCUT2D eigenvalue weighted by molar-refractivity contribution is 0.0949. The van der Waals surface area contributed by atoms with Crippen LogP contribution in [0.4, 0.5) is 8.78 Å². The number of carbonyl (C=O) groups is 1. The fraction of sp³-hybridized carbons (Fsp3) is 0.150. The highest BCUT2D eigenvalue weighted by molar-refractivity contribution is 5.93. The molecule has 0 aliphatic rings. The maximum absolute atomic E-state index is 13.3. The predicted octanol–water partition coefficient (Wildman–Crippen LogP) is 3.08. The number of carbonyl (C=O) groups excluding carboxylic acids is 1. The summed E-state index contributed by atoms with van der Waals surface area (Å²) in [5, 5.41) is 6.35. The maximum Gasteiger partial charge on any atom is 0.284 e. The fourth-order valence-electron chi connectivity index (χ4n) is 2.33. The second kappa shape index (κ2) is 9.98. The van der Waals surface area contributed by atoms with Crippen LogP contribution in [0.25, 0.3) is 0 Å². The van der Waals surface area contributed by atoms with Crippen LogP contribution in [0.1, 0.15) is 28.0 Å². The van der Waals surface area contributed by atoms with Crippen molar-refractivity contribution >= 4 is 12.1 Å². The molecule has 0 aliphatic carbocycles. The summed E-state index contributed by atoms with van der Waals surface area (Å²) in [6, 6.07) is 7.49. The van der Waals surface area contributed by atoms with Gasteiger partial charge in [-0.3, -0.25) is 14.8 Å². The van der Waals surface area contributed by atoms with E-state index in [1.165, 1.54) is 30.7 Å². The molecule has 148 valence electrons. The molecule has 29 heavy (non-hydrogen) atoms. The Bertz CT molecular complexity index is 996. The zero-order valence-electron chi connectivity index (χ0n) is 15.3. The first-order chi connectivity index (χ1) is 14.1. The number of aryl methyl sites for hydroxylation is 1. The molecule has 0 spiro atoms. The van der Waals surface area contributed by atoms with Gasteiger partial charge in [-0.2, -0.15) is 0 Å². The number of oxime groups is 1. The number of pyridine rings is 3. The Hall–Kier alpha value is -3.75. The minimum Gasteiger partial charge on any atom is -0.346 e. The number of nitrogens with one attached hydrogen (secondary N) is 1. The van der Waals surface area contributed by atoms with Crippen LogP contribution < -0.4 is 10.2 Å². The summed E-state index contributed by atoms with van der Waals surface area (Å²) in [5.74, 6) is -1.75. The van der Waals surface area contributed by atoms with Crippen LogP contribution in [0.3, 0.4) is 0 Å². The Morgan fingerprint density at radius 1 is 1.17 bits per heavy atom. The molecule has 0 aromatic carbocycles. The summed E-state index contributed by atoms with van der Waals surface area (Å²) < 4.78 is 26.4. The largest absolute Gasteiger partial charge is 0.346 e. The Morgan fingerprint density at radius 2 is 2.07 bits per heavy atom. The van der Waals surface area contributed by atoms with E-state index in [2.05, 4.69) is 25.4 Å². The van der Waals surface area contributed by atoms with Crippen molar-refractivity contribution in [3.63, 3.8) is 0 Å². The van der Waals surface area contributed by atoms with Gasteiger partial charge in [-0.15, -0.1) is 0 Å². The average Bonchev–Trinajstić information content (AvgIpc) is 2.74. The van der Waals surface area contributed by atoms with E-state index in [1.54, 1.807) is 12.3 Å². The number of nitrogens with zero attached hydrogens (tertiary/aromatic N) is 4. The summed E-state index contributed by atoms with van der Waals surface area (Å²) in [4.78, 5) is 28.5. The molecule has 0 fully saturated rings. The Morgan fingerprint density at radius 3 is 2.83 bits per heavy atom. The van der Waals surface area contributed by atoms with E-state index in [1.807, 2.05) is 6.07 Å². The molecule has 3 aromatic rings. The van der Waals surface area contributed by atoms with Gasteiger partial charge in [-0.05, 0) is 42.7 Å². The molecule has 0 aliphatic heterocycles. The third-order valence-corrected chi connectivity index (χ3v) is 3.78. The van der Waals surface area contributed by atoms with E-state index in [0.717, 1.165) is 17.8 Å². The van der Waals surface area contributed by atoms with Crippen molar-refractivity contribution in [2.24, 2.45) is 5.16 Å². The molecule has 0 unspecified atom stereocenters. The SMILES string of the molecule is O=C(NCc1ccc(CC/C=N/Oc2ncccc2F)cn1)c1cncc(F)c1. The summed E-state index contributed by atoms with van der Waals surface area (Å²) in [6.45, 7) is 0.209. The quantitative estimate of drug-likeness (QED) is 0.466. The van der Waals surface area contributed by atoms with Gasteiger partial charge in [-0.1, -0.05) is 11.2 Å². The number of amides is 1. The minimum absolute atomic E-state index is 0.147. The third kappa shape index (κ3) is 6.13. The number of hydrogen-bond acceptors (Lipinski definition) is 6. The van der Waals surface area contributed by atoms with Crippen molar-refractivity contribution in [1.29, 1.82) is 0 Å². The fourth-order valence-corrected chi connectivity index (χ4v) is 2.33. The zero-order valence-corrected chi connectivity index (χ0v) is 15.3. The van der Waals surface area contributed by atoms with Gasteiger partial charge in [0.1, 0.15) is 5.82 Å². The molecule has 0 bridgehead atoms. The lowest BCUT2D eigenvalue weighted by Crippen LogP contribution is -2.23. The summed E-state index contributed by atoms with van der Waals surface area (Å²) in [5.41, 5.74) is 1.77. The second-order valence-corrected chi connectivity index (χ2v) is 5.94. The first-order valence-electron chi connectivity index (χ1n) is 8.74. The summed E-state index contributed by atoms with van der Waals surface area (Å²) >= 11 is 0. The van der Waals surface area contributed by atoms with Gasteiger partial charge in [0, 0.05) is 24.8 Å². The molecule has 3 rings (SSSR count). The van der Waals surface area contributed by atoms with E-state index >= 15 is 0 Å². The molecule has 9 heteroatoms. The monoisotopic (exact) mass is 397 g/mol. The molecular formula is C20H17F2N5O2. The van der Waals surface area contributed by atoms with Crippen molar-refractivity contribution in [2.75, 3.05) is 0 Å². The van der Waals surface area contributed by atoms with E-state index in [9.17, 15) is 13.6 Å². The molecule has 3 aromatic heterocycles. The Balaban J connectivity index is 1.42. The van der Waals surface area contributed by atoms with Gasteiger partial charge < -0.3 is 10.2 Å². The number of halogens is 2. The van der Waals surface area contributed by atoms with Crippen molar-refractivity contribution in [2.45, 2.75) is 19.4 Å². The highest BCUT2D eigenvalue weighted by atomic mass is 19.1. The second-order valence-electron chi connectivity index (χ2n) is 5.94. The van der Waals surface area contributed by atoms with Gasteiger partial charge in [0.2, 0.25) is 0 Å². The molecular weight excluding hydrogens is 380 g/mol. The van der Waals surface area contributed by atoms with Gasteiger partial charge >= 0.3 is 0 Å². The maximum atomic E-state index is 13.3. The smallest absolute Gasteiger partial charge is 0.284 e. The van der Waals surface area contributed by atoms with Crippen LogP contribution in [0.5, 0.6) is 5.88 Å². The molecule has 1 N–H and O–H groups in total. The molecule has 0 saturated heterocycles. The van der Waals surface area contributed by atoms with Gasteiger partial charge in [0.15, 0.2) is 5.82 Å². The third-order valence-electron chi connectivity index (χ3n) is 3.78. The zero-order chi connectivity index (χ0) is 20.5. The molecule has 0 saturated carbocycles. The van der Waals surface area contributed by atoms with Crippen LogP contribution >= 0.6 is 0 Å². The van der Waals surface area contributed by atoms with Crippen molar-refractivity contribution in [3.8, 4) is 5.88 Å². The molecule has 3 heterocycles. The van der Waals surface area contributed by atoms with Crippen LogP contribution in [0, 0.1) is 11.6 Å². The van der Waals surface area contributed by atoms with Crippen molar-refractivity contribution in [3.05, 3.63) is 83.6 Å². The highest BCUT2D eigenvalue weighted by Crippen LogP contribution is 2.11. The van der Waals surface area contributed by atoms with Gasteiger partial charge in [0.25, 0.3) is 11.8 Å². The molecule has 0 atom stereocenters. The molecule has 7 nitrogen and oxygen atoms in total. The first kappa shape index (κ1) is 20.0. The lowest BCUT2D eigenvalue weighted by Gasteiger charge is -2.05. The standard InChI is InChI=1S/C20H17F2N5O2/c21-16-9-15(11-23-12-16)19(28)26-13-17-6-5-14(10-25-17)3-1-8-27-29-20-18(22)4-2-7-24-20/h2,4-12H,1,3,13H2,(H,26,28)/b27-8+. The number of rotatable bonds is 8. The van der Waals surface area contributed by atoms with Crippen molar-refractivity contribution < 1.29 is 18.4 Å². The van der Waals surface area contributed by atoms with E-state index in [-0.39, 0.29) is 18.0 Å². The predicted molar refractivity (Wildman–Crippen MR) is 101 cm³/mol. The molecule has 1 amide bonds. The summed E-state index contributed by atoms with van der Waals surface area (Å²) in [7, 11) is 0. The summed E-state index contributed by atoms with van der Waals surface area (Å²) in [6.07, 6.45) is 8.18.